The van der Waals surface area contributed by atoms with E-state index >= 15 is 0 Å². The first-order chi connectivity index (χ1) is 8.56. The fourth-order valence-electron chi connectivity index (χ4n) is 1.66. The highest BCUT2D eigenvalue weighted by Crippen LogP contribution is 2.18. The summed E-state index contributed by atoms with van der Waals surface area (Å²) < 4.78 is 1.91. The Balaban J connectivity index is 2.19. The third-order valence-corrected chi connectivity index (χ3v) is 3.93. The molecule has 0 N–H and O–H groups in total. The molecule has 0 amide bonds. The Morgan fingerprint density at radius 3 is 2.67 bits per heavy atom. The van der Waals surface area contributed by atoms with E-state index in [1.165, 1.54) is 0 Å². The first-order valence-corrected chi connectivity index (χ1v) is 7.03. The maximum absolute atomic E-state index is 12.1. The maximum Gasteiger partial charge on any atom is 0.167 e. The zero-order valence-corrected chi connectivity index (χ0v) is 13.0. The fourth-order valence-corrected chi connectivity index (χ4v) is 2.32. The summed E-state index contributed by atoms with van der Waals surface area (Å²) in [6, 6.07) is 7.56. The lowest BCUT2D eigenvalue weighted by Crippen LogP contribution is -2.04. The standard InChI is InChI=1S/C14H11Br2NO/c1-9-4-11(2-3-13(9)16)14(18)6-10-5-12(15)8-17-7-10/h2-5,7-8H,6H2,1H3. The maximum atomic E-state index is 12.1. The Hall–Kier alpha value is -1.000. The number of halogens is 2. The smallest absolute Gasteiger partial charge is 0.167 e. The predicted octanol–water partition coefficient (Wildman–Crippen LogP) is 4.34. The molecule has 2 nitrogen and oxygen atoms in total. The summed E-state index contributed by atoms with van der Waals surface area (Å²) >= 11 is 6.78. The van der Waals surface area contributed by atoms with Gasteiger partial charge in [-0.3, -0.25) is 9.78 Å². The van der Waals surface area contributed by atoms with E-state index in [-0.39, 0.29) is 5.78 Å². The number of aryl methyl sites for hydroxylation is 1. The molecule has 0 saturated heterocycles. The van der Waals surface area contributed by atoms with Crippen molar-refractivity contribution in [3.05, 3.63) is 62.3 Å². The first kappa shape index (κ1) is 13.4. The van der Waals surface area contributed by atoms with Crippen LogP contribution >= 0.6 is 31.9 Å². The van der Waals surface area contributed by atoms with E-state index in [2.05, 4.69) is 36.8 Å². The van der Waals surface area contributed by atoms with E-state index in [0.717, 1.165) is 25.6 Å². The van der Waals surface area contributed by atoms with Crippen LogP contribution < -0.4 is 0 Å². The molecule has 0 aliphatic heterocycles. The van der Waals surface area contributed by atoms with Crippen LogP contribution in [0.3, 0.4) is 0 Å². The second-order valence-electron chi connectivity index (χ2n) is 4.08. The van der Waals surface area contributed by atoms with Gasteiger partial charge in [0, 0.05) is 33.3 Å². The van der Waals surface area contributed by atoms with Crippen molar-refractivity contribution in [3.63, 3.8) is 0 Å². The highest BCUT2D eigenvalue weighted by atomic mass is 79.9. The molecule has 0 fully saturated rings. The topological polar surface area (TPSA) is 30.0 Å². The molecule has 2 rings (SSSR count). The Bertz CT molecular complexity index is 596. The van der Waals surface area contributed by atoms with Crippen LogP contribution in [0.1, 0.15) is 21.5 Å². The molecule has 0 unspecified atom stereocenters. The summed E-state index contributed by atoms with van der Waals surface area (Å²) in [4.78, 5) is 16.2. The monoisotopic (exact) mass is 367 g/mol. The lowest BCUT2D eigenvalue weighted by Gasteiger charge is -2.04. The van der Waals surface area contributed by atoms with E-state index in [1.807, 2.05) is 31.2 Å². The van der Waals surface area contributed by atoms with Gasteiger partial charge in [-0.25, -0.2) is 0 Å². The van der Waals surface area contributed by atoms with E-state index in [4.69, 9.17) is 0 Å². The minimum absolute atomic E-state index is 0.102. The van der Waals surface area contributed by atoms with E-state index < -0.39 is 0 Å². The van der Waals surface area contributed by atoms with E-state index in [1.54, 1.807) is 12.4 Å². The van der Waals surface area contributed by atoms with Gasteiger partial charge in [0.2, 0.25) is 0 Å². The van der Waals surface area contributed by atoms with Crippen LogP contribution in [0.2, 0.25) is 0 Å². The molecule has 2 aromatic rings. The van der Waals surface area contributed by atoms with Crippen molar-refractivity contribution in [2.75, 3.05) is 0 Å². The molecule has 0 radical (unpaired) electrons. The van der Waals surface area contributed by atoms with Crippen molar-refractivity contribution < 1.29 is 4.79 Å². The number of nitrogens with zero attached hydrogens (tertiary/aromatic N) is 1. The minimum atomic E-state index is 0.102. The van der Waals surface area contributed by atoms with Crippen molar-refractivity contribution in [2.45, 2.75) is 13.3 Å². The molecule has 0 saturated carbocycles. The SMILES string of the molecule is Cc1cc(C(=O)Cc2cncc(Br)c2)ccc1Br. The summed E-state index contributed by atoms with van der Waals surface area (Å²) in [6.45, 7) is 1.97. The lowest BCUT2D eigenvalue weighted by molar-refractivity contribution is 0.0993. The van der Waals surface area contributed by atoms with Crippen LogP contribution in [0.4, 0.5) is 0 Å². The zero-order valence-electron chi connectivity index (χ0n) is 9.78. The molecular formula is C14H11Br2NO. The summed E-state index contributed by atoms with van der Waals surface area (Å²) in [6.07, 6.45) is 3.79. The Kier molecular flexibility index (Phi) is 4.30. The normalized spacial score (nSPS) is 10.4. The van der Waals surface area contributed by atoms with Crippen LogP contribution in [-0.2, 0) is 6.42 Å². The van der Waals surface area contributed by atoms with Gasteiger partial charge in [-0.15, -0.1) is 0 Å². The van der Waals surface area contributed by atoms with Gasteiger partial charge in [0.05, 0.1) is 0 Å². The van der Waals surface area contributed by atoms with Gasteiger partial charge in [-0.1, -0.05) is 22.0 Å². The van der Waals surface area contributed by atoms with Crippen molar-refractivity contribution >= 4 is 37.6 Å². The van der Waals surface area contributed by atoms with Crippen LogP contribution in [0.5, 0.6) is 0 Å². The number of aromatic nitrogens is 1. The molecule has 0 atom stereocenters. The number of benzene rings is 1. The molecule has 1 aromatic carbocycles. The molecule has 0 aliphatic carbocycles. The lowest BCUT2D eigenvalue weighted by atomic mass is 10.0. The molecule has 0 bridgehead atoms. The van der Waals surface area contributed by atoms with Crippen molar-refractivity contribution in [1.29, 1.82) is 0 Å². The Morgan fingerprint density at radius 2 is 2.00 bits per heavy atom. The highest BCUT2D eigenvalue weighted by Gasteiger charge is 2.08. The molecular weight excluding hydrogens is 358 g/mol. The molecule has 0 aliphatic rings. The van der Waals surface area contributed by atoms with Crippen LogP contribution in [0.15, 0.2) is 45.6 Å². The summed E-state index contributed by atoms with van der Waals surface area (Å²) in [7, 11) is 0. The Morgan fingerprint density at radius 1 is 1.22 bits per heavy atom. The summed E-state index contributed by atoms with van der Waals surface area (Å²) in [5, 5.41) is 0. The summed E-state index contributed by atoms with van der Waals surface area (Å²) in [5.41, 5.74) is 2.71. The average molecular weight is 369 g/mol. The van der Waals surface area contributed by atoms with Gasteiger partial charge in [0.1, 0.15) is 0 Å². The molecule has 92 valence electrons. The Labute approximate surface area is 123 Å². The second-order valence-corrected chi connectivity index (χ2v) is 5.85. The largest absolute Gasteiger partial charge is 0.294 e. The number of hydrogen-bond acceptors (Lipinski definition) is 2. The van der Waals surface area contributed by atoms with Crippen molar-refractivity contribution in [1.82, 2.24) is 4.98 Å². The second kappa shape index (κ2) is 5.76. The van der Waals surface area contributed by atoms with Gasteiger partial charge in [-0.05, 0) is 52.2 Å². The number of pyridine rings is 1. The van der Waals surface area contributed by atoms with Gasteiger partial charge in [0.25, 0.3) is 0 Å². The third kappa shape index (κ3) is 3.27. The van der Waals surface area contributed by atoms with Gasteiger partial charge < -0.3 is 0 Å². The van der Waals surface area contributed by atoms with Crippen LogP contribution in [-0.4, -0.2) is 10.8 Å². The van der Waals surface area contributed by atoms with Crippen LogP contribution in [0.25, 0.3) is 0 Å². The highest BCUT2D eigenvalue weighted by molar-refractivity contribution is 9.10. The minimum Gasteiger partial charge on any atom is -0.294 e. The molecule has 0 spiro atoms. The van der Waals surface area contributed by atoms with Crippen molar-refractivity contribution in [3.8, 4) is 0 Å². The number of ketones is 1. The van der Waals surface area contributed by atoms with E-state index in [0.29, 0.717) is 6.42 Å². The number of hydrogen-bond donors (Lipinski definition) is 0. The zero-order chi connectivity index (χ0) is 13.1. The van der Waals surface area contributed by atoms with Gasteiger partial charge >= 0.3 is 0 Å². The quantitative estimate of drug-likeness (QED) is 0.754. The van der Waals surface area contributed by atoms with Gasteiger partial charge in [0.15, 0.2) is 5.78 Å². The van der Waals surface area contributed by atoms with Crippen LogP contribution in [0, 0.1) is 6.92 Å². The van der Waals surface area contributed by atoms with E-state index in [9.17, 15) is 4.79 Å². The predicted molar refractivity (Wildman–Crippen MR) is 78.9 cm³/mol. The number of rotatable bonds is 3. The molecule has 1 heterocycles. The number of Topliss-reactive ketones (excluding diaryl/α,β-unsaturated/α-hetero) is 1. The fraction of sp³-hybridized carbons (Fsp3) is 0.143. The summed E-state index contributed by atoms with van der Waals surface area (Å²) in [5.74, 6) is 0.102. The molecule has 1 aromatic heterocycles. The third-order valence-electron chi connectivity index (χ3n) is 2.61. The van der Waals surface area contributed by atoms with Crippen molar-refractivity contribution in [2.24, 2.45) is 0 Å². The molecule has 18 heavy (non-hydrogen) atoms. The first-order valence-electron chi connectivity index (χ1n) is 5.45. The number of carbonyl (C=O) groups is 1. The average Bonchev–Trinajstić information content (AvgIpc) is 2.32. The van der Waals surface area contributed by atoms with Gasteiger partial charge in [-0.2, -0.15) is 0 Å². The number of carbonyl (C=O) groups excluding carboxylic acids is 1. The molecule has 4 heteroatoms.